The van der Waals surface area contributed by atoms with E-state index in [9.17, 15) is 0 Å². The second-order valence-corrected chi connectivity index (χ2v) is 8.54. The van der Waals surface area contributed by atoms with Crippen molar-refractivity contribution in [3.05, 3.63) is 53.3 Å². The van der Waals surface area contributed by atoms with Gasteiger partial charge in [0, 0.05) is 23.8 Å². The lowest BCUT2D eigenvalue weighted by molar-refractivity contribution is 0.295. The Kier molecular flexibility index (Phi) is 5.17. The van der Waals surface area contributed by atoms with Gasteiger partial charge in [0.2, 0.25) is 0 Å². The lowest BCUT2D eigenvalue weighted by Gasteiger charge is -2.33. The molecule has 0 atom stereocenters. The highest BCUT2D eigenvalue weighted by Gasteiger charge is 2.31. The van der Waals surface area contributed by atoms with Crippen molar-refractivity contribution >= 4 is 28.1 Å². The monoisotopic (exact) mass is 398 g/mol. The Bertz CT molecular complexity index is 947. The predicted octanol–water partition coefficient (Wildman–Crippen LogP) is 5.69. The average Bonchev–Trinajstić information content (AvgIpc) is 3.13. The second kappa shape index (κ2) is 7.58. The van der Waals surface area contributed by atoms with Crippen LogP contribution in [0.5, 0.6) is 0 Å². The second-order valence-electron chi connectivity index (χ2n) is 7.10. The van der Waals surface area contributed by atoms with Crippen LogP contribution in [0.1, 0.15) is 37.8 Å². The van der Waals surface area contributed by atoms with Gasteiger partial charge in [0.25, 0.3) is 0 Å². The van der Waals surface area contributed by atoms with Gasteiger partial charge in [-0.25, -0.2) is 4.98 Å². The molecule has 2 aromatic heterocycles. The van der Waals surface area contributed by atoms with E-state index in [1.807, 2.05) is 43.6 Å². The molecule has 2 heterocycles. The Hall–Kier alpha value is -1.95. The van der Waals surface area contributed by atoms with Gasteiger partial charge in [-0.3, -0.25) is 4.98 Å². The molecule has 4 nitrogen and oxygen atoms in total. The van der Waals surface area contributed by atoms with Crippen LogP contribution in [0, 0.1) is 0 Å². The zero-order valence-corrected chi connectivity index (χ0v) is 16.9. The van der Waals surface area contributed by atoms with Crippen LogP contribution in [0.3, 0.4) is 0 Å². The molecule has 0 aliphatic heterocycles. The minimum atomic E-state index is -0.318. The molecular formula is C21H23ClN4S. The van der Waals surface area contributed by atoms with E-state index in [1.54, 1.807) is 11.3 Å². The minimum Gasteiger partial charge on any atom is -0.365 e. The number of pyridine rings is 1. The van der Waals surface area contributed by atoms with Crippen LogP contribution >= 0.6 is 22.9 Å². The summed E-state index contributed by atoms with van der Waals surface area (Å²) in [4.78, 5) is 10.5. The summed E-state index contributed by atoms with van der Waals surface area (Å²) in [7, 11) is 1.89. The van der Waals surface area contributed by atoms with Gasteiger partial charge in [-0.15, -0.1) is 0 Å². The van der Waals surface area contributed by atoms with E-state index in [2.05, 4.69) is 16.4 Å². The lowest BCUT2D eigenvalue weighted by atomic mass is 9.79. The quantitative estimate of drug-likeness (QED) is 0.592. The zero-order chi connectivity index (χ0) is 18.9. The van der Waals surface area contributed by atoms with Crippen molar-refractivity contribution in [1.29, 1.82) is 0 Å². The van der Waals surface area contributed by atoms with Gasteiger partial charge in [-0.2, -0.15) is 0 Å². The van der Waals surface area contributed by atoms with Gasteiger partial charge < -0.3 is 11.1 Å². The molecule has 3 aromatic rings. The number of rotatable bonds is 4. The molecule has 140 valence electrons. The van der Waals surface area contributed by atoms with Crippen LogP contribution in [0.2, 0.25) is 5.02 Å². The molecule has 27 heavy (non-hydrogen) atoms. The van der Waals surface area contributed by atoms with Crippen LogP contribution in [0.15, 0.2) is 42.6 Å². The third-order valence-corrected chi connectivity index (χ3v) is 6.57. The number of benzene rings is 1. The molecule has 3 N–H and O–H groups in total. The average molecular weight is 399 g/mol. The molecular weight excluding hydrogens is 376 g/mol. The van der Waals surface area contributed by atoms with Crippen molar-refractivity contribution in [1.82, 2.24) is 9.97 Å². The van der Waals surface area contributed by atoms with Gasteiger partial charge in [0.1, 0.15) is 0 Å². The van der Waals surface area contributed by atoms with Gasteiger partial charge in [0.05, 0.1) is 21.8 Å². The van der Waals surface area contributed by atoms with Crippen molar-refractivity contribution < 1.29 is 0 Å². The molecule has 6 heteroatoms. The van der Waals surface area contributed by atoms with E-state index in [4.69, 9.17) is 22.3 Å². The van der Waals surface area contributed by atoms with Crippen molar-refractivity contribution in [3.8, 4) is 21.7 Å². The molecule has 1 saturated carbocycles. The molecule has 0 radical (unpaired) electrons. The van der Waals surface area contributed by atoms with Crippen LogP contribution < -0.4 is 11.1 Å². The molecule has 0 saturated heterocycles. The van der Waals surface area contributed by atoms with Gasteiger partial charge in [0.15, 0.2) is 5.13 Å². The molecule has 1 fully saturated rings. The zero-order valence-electron chi connectivity index (χ0n) is 15.3. The molecule has 1 aliphatic carbocycles. The maximum atomic E-state index is 6.72. The van der Waals surface area contributed by atoms with Crippen molar-refractivity contribution in [2.75, 3.05) is 12.4 Å². The maximum absolute atomic E-state index is 6.72. The Morgan fingerprint density at radius 3 is 2.67 bits per heavy atom. The number of halogens is 1. The Balaban J connectivity index is 1.80. The number of aromatic nitrogens is 2. The summed E-state index contributed by atoms with van der Waals surface area (Å²) in [6.07, 6.45) is 7.46. The van der Waals surface area contributed by atoms with E-state index in [0.717, 1.165) is 45.4 Å². The number of nitrogens with zero attached hydrogens (tertiary/aromatic N) is 2. The van der Waals surface area contributed by atoms with Crippen LogP contribution in [0.4, 0.5) is 5.13 Å². The van der Waals surface area contributed by atoms with E-state index < -0.39 is 0 Å². The fraction of sp³-hybridized carbons (Fsp3) is 0.333. The van der Waals surface area contributed by atoms with Crippen molar-refractivity contribution in [3.63, 3.8) is 0 Å². The van der Waals surface area contributed by atoms with Crippen LogP contribution in [-0.2, 0) is 5.54 Å². The number of anilines is 1. The third kappa shape index (κ3) is 3.72. The first-order chi connectivity index (χ1) is 13.1. The number of hydrogen-bond acceptors (Lipinski definition) is 5. The summed E-state index contributed by atoms with van der Waals surface area (Å²) in [6, 6.07) is 12.0. The number of nitrogens with two attached hydrogens (primary N) is 1. The fourth-order valence-electron chi connectivity index (χ4n) is 3.74. The highest BCUT2D eigenvalue weighted by molar-refractivity contribution is 7.19. The SMILES string of the molecule is CNc1nc(-c2cccc(Cl)c2)c(-c2ccnc(C3(N)CCCCC3)c2)s1. The van der Waals surface area contributed by atoms with E-state index in [0.29, 0.717) is 5.02 Å². The van der Waals surface area contributed by atoms with E-state index in [-0.39, 0.29) is 5.54 Å². The highest BCUT2D eigenvalue weighted by atomic mass is 35.5. The highest BCUT2D eigenvalue weighted by Crippen LogP contribution is 2.41. The van der Waals surface area contributed by atoms with Crippen molar-refractivity contribution in [2.45, 2.75) is 37.6 Å². The molecule has 1 aliphatic rings. The molecule has 0 bridgehead atoms. The van der Waals surface area contributed by atoms with Crippen LogP contribution in [-0.4, -0.2) is 17.0 Å². The summed E-state index contributed by atoms with van der Waals surface area (Å²) in [5, 5.41) is 4.74. The summed E-state index contributed by atoms with van der Waals surface area (Å²) in [6.45, 7) is 0. The number of hydrogen-bond donors (Lipinski definition) is 2. The first-order valence-electron chi connectivity index (χ1n) is 9.29. The lowest BCUT2D eigenvalue weighted by Crippen LogP contribution is -2.39. The molecule has 1 aromatic carbocycles. The maximum Gasteiger partial charge on any atom is 0.183 e. The summed E-state index contributed by atoms with van der Waals surface area (Å²) in [5.74, 6) is 0. The number of nitrogens with one attached hydrogen (secondary N) is 1. The summed E-state index contributed by atoms with van der Waals surface area (Å²) < 4.78 is 0. The van der Waals surface area contributed by atoms with Crippen LogP contribution in [0.25, 0.3) is 21.7 Å². The molecule has 4 rings (SSSR count). The minimum absolute atomic E-state index is 0.318. The largest absolute Gasteiger partial charge is 0.365 e. The number of thiazole rings is 1. The third-order valence-electron chi connectivity index (χ3n) is 5.22. The summed E-state index contributed by atoms with van der Waals surface area (Å²) in [5.41, 5.74) is 10.4. The first kappa shape index (κ1) is 18.4. The van der Waals surface area contributed by atoms with Gasteiger partial charge >= 0.3 is 0 Å². The topological polar surface area (TPSA) is 63.8 Å². The molecule has 0 spiro atoms. The van der Waals surface area contributed by atoms with Gasteiger partial charge in [-0.1, -0.05) is 54.3 Å². The Labute approximate surface area is 168 Å². The smallest absolute Gasteiger partial charge is 0.183 e. The van der Waals surface area contributed by atoms with E-state index >= 15 is 0 Å². The predicted molar refractivity (Wildman–Crippen MR) is 114 cm³/mol. The molecule has 0 amide bonds. The van der Waals surface area contributed by atoms with Crippen molar-refractivity contribution in [2.24, 2.45) is 5.73 Å². The normalized spacial score (nSPS) is 16.3. The van der Waals surface area contributed by atoms with Gasteiger partial charge in [-0.05, 0) is 42.7 Å². The molecule has 0 unspecified atom stereocenters. The van der Waals surface area contributed by atoms with E-state index in [1.165, 1.54) is 19.3 Å². The first-order valence-corrected chi connectivity index (χ1v) is 10.5. The standard InChI is InChI=1S/C21H23ClN4S/c1-24-20-26-18(14-6-5-7-16(22)12-14)19(27-20)15-8-11-25-17(13-15)21(23)9-3-2-4-10-21/h5-8,11-13H,2-4,9-10,23H2,1H3,(H,24,26). The summed E-state index contributed by atoms with van der Waals surface area (Å²) >= 11 is 7.85. The fourth-order valence-corrected chi connectivity index (χ4v) is 4.86. The Morgan fingerprint density at radius 2 is 1.93 bits per heavy atom. The Morgan fingerprint density at radius 1 is 1.11 bits per heavy atom.